The lowest BCUT2D eigenvalue weighted by Gasteiger charge is -2.22. The number of rotatable bonds is 6. The van der Waals surface area contributed by atoms with Gasteiger partial charge in [0.15, 0.2) is 0 Å². The Morgan fingerprint density at radius 1 is 1.11 bits per heavy atom. The van der Waals surface area contributed by atoms with E-state index in [-0.39, 0.29) is 35.7 Å². The molecule has 0 radical (unpaired) electrons. The van der Waals surface area contributed by atoms with Gasteiger partial charge in [-0.15, -0.1) is 5.10 Å². The first kappa shape index (κ1) is 24.3. The van der Waals surface area contributed by atoms with Gasteiger partial charge >= 0.3 is 5.69 Å². The van der Waals surface area contributed by atoms with Gasteiger partial charge in [0, 0.05) is 23.2 Å². The first-order chi connectivity index (χ1) is 17.3. The molecule has 2 aromatic heterocycles. The van der Waals surface area contributed by atoms with Gasteiger partial charge < -0.3 is 5.32 Å². The van der Waals surface area contributed by atoms with E-state index in [9.17, 15) is 14.4 Å². The fraction of sp³-hybridized carbons (Fsp3) is 0.407. The van der Waals surface area contributed by atoms with Crippen LogP contribution in [-0.2, 0) is 13.1 Å². The van der Waals surface area contributed by atoms with Crippen molar-refractivity contribution in [3.63, 3.8) is 0 Å². The summed E-state index contributed by atoms with van der Waals surface area (Å²) in [7, 11) is 0. The van der Waals surface area contributed by atoms with E-state index in [0.717, 1.165) is 31.2 Å². The molecule has 1 saturated carbocycles. The summed E-state index contributed by atoms with van der Waals surface area (Å²) >= 11 is 6.33. The van der Waals surface area contributed by atoms with Crippen LogP contribution in [-0.4, -0.2) is 30.7 Å². The fourth-order valence-electron chi connectivity index (χ4n) is 4.99. The van der Waals surface area contributed by atoms with Crippen LogP contribution in [0.1, 0.15) is 61.9 Å². The second kappa shape index (κ2) is 9.93. The van der Waals surface area contributed by atoms with Crippen LogP contribution in [0.4, 0.5) is 0 Å². The molecule has 0 spiro atoms. The average Bonchev–Trinajstić information content (AvgIpc) is 3.19. The molecule has 1 N–H and O–H groups in total. The number of fused-ring (bicyclic) bond motifs is 3. The second-order valence-electron chi connectivity index (χ2n) is 10.0. The molecular weight excluding hydrogens is 478 g/mol. The van der Waals surface area contributed by atoms with E-state index < -0.39 is 5.69 Å². The molecule has 0 unspecified atom stereocenters. The number of hydrogen-bond donors (Lipinski definition) is 1. The molecular formula is C27H30ClN5O3. The third-order valence-corrected chi connectivity index (χ3v) is 7.17. The van der Waals surface area contributed by atoms with Crippen LogP contribution in [0.25, 0.3) is 16.7 Å². The highest BCUT2D eigenvalue weighted by atomic mass is 35.5. The molecule has 2 heterocycles. The Balaban J connectivity index is 1.66. The van der Waals surface area contributed by atoms with Crippen LogP contribution in [0.2, 0.25) is 5.02 Å². The van der Waals surface area contributed by atoms with E-state index in [4.69, 9.17) is 11.6 Å². The Kier molecular flexibility index (Phi) is 6.71. The molecule has 9 heteroatoms. The van der Waals surface area contributed by atoms with Crippen LogP contribution >= 0.6 is 11.6 Å². The number of nitrogens with zero attached hydrogens (tertiary/aromatic N) is 4. The maximum absolute atomic E-state index is 13.6. The number of halogens is 1. The largest absolute Gasteiger partial charge is 0.352 e. The Morgan fingerprint density at radius 2 is 1.86 bits per heavy atom. The van der Waals surface area contributed by atoms with Crippen molar-refractivity contribution in [3.8, 4) is 0 Å². The van der Waals surface area contributed by atoms with Gasteiger partial charge in [-0.05, 0) is 48.6 Å². The quantitative estimate of drug-likeness (QED) is 0.423. The van der Waals surface area contributed by atoms with E-state index in [1.165, 1.54) is 15.5 Å². The summed E-state index contributed by atoms with van der Waals surface area (Å²) in [6, 6.07) is 12.4. The van der Waals surface area contributed by atoms with Gasteiger partial charge in [0.05, 0.1) is 17.4 Å². The third-order valence-electron chi connectivity index (χ3n) is 6.81. The Hall–Kier alpha value is -3.39. The van der Waals surface area contributed by atoms with Crippen molar-refractivity contribution in [3.05, 3.63) is 79.5 Å². The zero-order valence-corrected chi connectivity index (χ0v) is 21.3. The van der Waals surface area contributed by atoms with Gasteiger partial charge in [0.1, 0.15) is 0 Å². The molecule has 1 aliphatic carbocycles. The van der Waals surface area contributed by atoms with E-state index in [1.807, 2.05) is 32.0 Å². The predicted octanol–water partition coefficient (Wildman–Crippen LogP) is 4.23. The molecule has 2 aromatic carbocycles. The summed E-state index contributed by atoms with van der Waals surface area (Å²) < 4.78 is 4.30. The lowest BCUT2D eigenvalue weighted by Crippen LogP contribution is -2.36. The van der Waals surface area contributed by atoms with E-state index in [0.29, 0.717) is 28.0 Å². The van der Waals surface area contributed by atoms with Gasteiger partial charge in [-0.2, -0.15) is 0 Å². The summed E-state index contributed by atoms with van der Waals surface area (Å²) in [5.41, 5.74) is 0.916. The number of carbonyl (C=O) groups excluding carboxylic acids is 1. The highest BCUT2D eigenvalue weighted by Crippen LogP contribution is 2.20. The van der Waals surface area contributed by atoms with E-state index in [2.05, 4.69) is 10.4 Å². The van der Waals surface area contributed by atoms with E-state index >= 15 is 0 Å². The molecule has 188 valence electrons. The third kappa shape index (κ3) is 4.57. The highest BCUT2D eigenvalue weighted by Gasteiger charge is 2.21. The van der Waals surface area contributed by atoms with Gasteiger partial charge in [0.25, 0.3) is 11.5 Å². The monoisotopic (exact) mass is 507 g/mol. The average molecular weight is 508 g/mol. The molecule has 0 bridgehead atoms. The minimum atomic E-state index is -0.391. The van der Waals surface area contributed by atoms with Crippen molar-refractivity contribution in [2.24, 2.45) is 5.92 Å². The zero-order valence-electron chi connectivity index (χ0n) is 20.5. The van der Waals surface area contributed by atoms with Gasteiger partial charge in [0.2, 0.25) is 5.78 Å². The Bertz CT molecular complexity index is 1560. The summed E-state index contributed by atoms with van der Waals surface area (Å²) in [4.78, 5) is 40.1. The summed E-state index contributed by atoms with van der Waals surface area (Å²) in [5, 5.41) is 8.57. The summed E-state index contributed by atoms with van der Waals surface area (Å²) in [6.07, 6.45) is 5.36. The minimum absolute atomic E-state index is 0.155. The maximum Gasteiger partial charge on any atom is 0.352 e. The van der Waals surface area contributed by atoms with Crippen LogP contribution < -0.4 is 16.6 Å². The van der Waals surface area contributed by atoms with Crippen molar-refractivity contribution in [1.82, 2.24) is 24.1 Å². The number of amides is 1. The van der Waals surface area contributed by atoms with Gasteiger partial charge in [-0.3, -0.25) is 14.2 Å². The number of benzene rings is 2. The van der Waals surface area contributed by atoms with Crippen molar-refractivity contribution in [1.29, 1.82) is 0 Å². The van der Waals surface area contributed by atoms with Crippen LogP contribution in [0, 0.1) is 5.92 Å². The molecule has 8 nitrogen and oxygen atoms in total. The van der Waals surface area contributed by atoms with Gasteiger partial charge in [-0.1, -0.05) is 62.9 Å². The molecule has 0 atom stereocenters. The molecule has 0 aliphatic heterocycles. The summed E-state index contributed by atoms with van der Waals surface area (Å²) in [6.45, 7) is 4.58. The normalized spacial score (nSPS) is 14.7. The number of nitrogens with one attached hydrogen (secondary N) is 1. The standard InChI is InChI=1S/C27H30ClN5O3/c1-17(2)15-31-25(35)21-13-12-18(24(34)29-20-9-4-3-5-10-20)14-23(21)33-26(31)30-32(27(33)36)16-19-8-6-7-11-22(19)28/h6-8,11-14,17,20H,3-5,9-10,15-16H2,1-2H3,(H,29,34). The molecule has 0 saturated heterocycles. The zero-order chi connectivity index (χ0) is 25.4. The van der Waals surface area contributed by atoms with Crippen molar-refractivity contribution in [2.45, 2.75) is 65.1 Å². The highest BCUT2D eigenvalue weighted by molar-refractivity contribution is 6.31. The second-order valence-corrected chi connectivity index (χ2v) is 10.4. The van der Waals surface area contributed by atoms with Crippen LogP contribution in [0.5, 0.6) is 0 Å². The lowest BCUT2D eigenvalue weighted by molar-refractivity contribution is 0.0928. The molecule has 1 aliphatic rings. The molecule has 4 aromatic rings. The first-order valence-electron chi connectivity index (χ1n) is 12.5. The fourth-order valence-corrected chi connectivity index (χ4v) is 5.19. The molecule has 1 amide bonds. The summed E-state index contributed by atoms with van der Waals surface area (Å²) in [5.74, 6) is 0.219. The number of hydrogen-bond acceptors (Lipinski definition) is 4. The number of aromatic nitrogens is 4. The molecule has 5 rings (SSSR count). The topological polar surface area (TPSA) is 90.4 Å². The number of carbonyl (C=O) groups is 1. The smallest absolute Gasteiger partial charge is 0.349 e. The van der Waals surface area contributed by atoms with Crippen molar-refractivity contribution in [2.75, 3.05) is 0 Å². The molecule has 36 heavy (non-hydrogen) atoms. The van der Waals surface area contributed by atoms with Crippen LogP contribution in [0.15, 0.2) is 52.1 Å². The van der Waals surface area contributed by atoms with E-state index in [1.54, 1.807) is 28.8 Å². The Morgan fingerprint density at radius 3 is 2.58 bits per heavy atom. The first-order valence-corrected chi connectivity index (χ1v) is 12.9. The van der Waals surface area contributed by atoms with Crippen molar-refractivity contribution < 1.29 is 4.79 Å². The van der Waals surface area contributed by atoms with Gasteiger partial charge in [-0.25, -0.2) is 13.9 Å². The Labute approximate surface area is 213 Å². The van der Waals surface area contributed by atoms with Crippen molar-refractivity contribution >= 4 is 34.2 Å². The lowest BCUT2D eigenvalue weighted by atomic mass is 9.95. The molecule has 1 fully saturated rings. The maximum atomic E-state index is 13.6. The van der Waals surface area contributed by atoms with Crippen LogP contribution in [0.3, 0.4) is 0 Å². The SMILES string of the molecule is CC(C)Cn1c(=O)c2ccc(C(=O)NC3CCCCC3)cc2n2c(=O)n(Cc3ccccc3Cl)nc12. The minimum Gasteiger partial charge on any atom is -0.349 e. The predicted molar refractivity (Wildman–Crippen MR) is 141 cm³/mol.